The Labute approximate surface area is 125 Å². The van der Waals surface area contributed by atoms with Gasteiger partial charge in [-0.05, 0) is 25.0 Å². The van der Waals surface area contributed by atoms with Crippen molar-refractivity contribution in [1.29, 1.82) is 0 Å². The number of pyridine rings is 1. The predicted molar refractivity (Wildman–Crippen MR) is 73.3 cm³/mol. The third kappa shape index (κ3) is 3.78. The van der Waals surface area contributed by atoms with E-state index < -0.39 is 11.7 Å². The van der Waals surface area contributed by atoms with Crippen molar-refractivity contribution in [3.8, 4) is 0 Å². The van der Waals surface area contributed by atoms with Gasteiger partial charge in [0.05, 0.1) is 11.5 Å². The Morgan fingerprint density at radius 1 is 1.48 bits per heavy atom. The molecule has 1 aliphatic rings. The van der Waals surface area contributed by atoms with Crippen LogP contribution in [0.3, 0.4) is 0 Å². The van der Waals surface area contributed by atoms with E-state index in [9.17, 15) is 18.0 Å². The van der Waals surface area contributed by atoms with Crippen molar-refractivity contribution in [2.24, 2.45) is 5.92 Å². The van der Waals surface area contributed by atoms with Gasteiger partial charge in [-0.1, -0.05) is 11.6 Å². The predicted octanol–water partition coefficient (Wildman–Crippen LogP) is 2.72. The first-order valence-corrected chi connectivity index (χ1v) is 6.90. The van der Waals surface area contributed by atoms with Crippen molar-refractivity contribution < 1.29 is 18.0 Å². The molecule has 0 aromatic carbocycles. The van der Waals surface area contributed by atoms with Crippen molar-refractivity contribution in [1.82, 2.24) is 10.3 Å². The van der Waals surface area contributed by atoms with Gasteiger partial charge in [0.2, 0.25) is 5.91 Å². The lowest BCUT2D eigenvalue weighted by Crippen LogP contribution is -2.42. The van der Waals surface area contributed by atoms with Gasteiger partial charge in [0.25, 0.3) is 0 Å². The number of hydrogen-bond donors (Lipinski definition) is 1. The van der Waals surface area contributed by atoms with Gasteiger partial charge in [-0.15, -0.1) is 0 Å². The number of hydrogen-bond acceptors (Lipinski definition) is 3. The zero-order chi connectivity index (χ0) is 15.6. The average molecular weight is 322 g/mol. The zero-order valence-electron chi connectivity index (χ0n) is 11.4. The van der Waals surface area contributed by atoms with Crippen molar-refractivity contribution in [3.63, 3.8) is 0 Å². The Hall–Kier alpha value is -1.50. The highest BCUT2D eigenvalue weighted by Gasteiger charge is 2.33. The van der Waals surface area contributed by atoms with E-state index in [2.05, 4.69) is 10.3 Å². The molecular formula is C13H15ClF3N3O. The minimum absolute atomic E-state index is 0.113. The monoisotopic (exact) mass is 321 g/mol. The fraction of sp³-hybridized carbons (Fsp3) is 0.538. The van der Waals surface area contributed by atoms with Crippen LogP contribution in [0.5, 0.6) is 0 Å². The topological polar surface area (TPSA) is 45.2 Å². The maximum atomic E-state index is 12.8. The van der Waals surface area contributed by atoms with Crippen molar-refractivity contribution >= 4 is 23.3 Å². The van der Waals surface area contributed by atoms with E-state index >= 15 is 0 Å². The molecule has 1 aromatic rings. The summed E-state index contributed by atoms with van der Waals surface area (Å²) in [5.41, 5.74) is -0.834. The number of carbonyl (C=O) groups is 1. The van der Waals surface area contributed by atoms with Crippen molar-refractivity contribution in [3.05, 3.63) is 22.8 Å². The second-order valence-corrected chi connectivity index (χ2v) is 5.32. The minimum atomic E-state index is -4.47. The Balaban J connectivity index is 2.25. The van der Waals surface area contributed by atoms with Crippen LogP contribution in [0.4, 0.5) is 19.0 Å². The van der Waals surface area contributed by atoms with Crippen LogP contribution >= 0.6 is 11.6 Å². The lowest BCUT2D eigenvalue weighted by Gasteiger charge is -2.33. The molecule has 1 amide bonds. The maximum absolute atomic E-state index is 12.8. The average Bonchev–Trinajstić information content (AvgIpc) is 2.45. The standard InChI is InChI=1S/C13H15ClF3N3O/c1-18-12(21)8-3-2-4-20(7-8)11-6-9(13(15,16)17)5-10(14)19-11/h5-6,8H,2-4,7H2,1H3,(H,18,21). The van der Waals surface area contributed by atoms with E-state index in [0.717, 1.165) is 12.1 Å². The number of rotatable bonds is 2. The number of anilines is 1. The van der Waals surface area contributed by atoms with Crippen LogP contribution in [0.25, 0.3) is 0 Å². The molecule has 1 atom stereocenters. The largest absolute Gasteiger partial charge is 0.416 e. The third-order valence-corrected chi connectivity index (χ3v) is 3.66. The fourth-order valence-electron chi connectivity index (χ4n) is 2.41. The molecule has 0 bridgehead atoms. The minimum Gasteiger partial charge on any atom is -0.359 e. The summed E-state index contributed by atoms with van der Waals surface area (Å²) in [7, 11) is 1.54. The van der Waals surface area contributed by atoms with Crippen LogP contribution in [0, 0.1) is 5.92 Å². The van der Waals surface area contributed by atoms with Crippen LogP contribution in [0.1, 0.15) is 18.4 Å². The van der Waals surface area contributed by atoms with Crippen LogP contribution in [0.2, 0.25) is 5.15 Å². The molecule has 0 radical (unpaired) electrons. The van der Waals surface area contributed by atoms with E-state index in [4.69, 9.17) is 11.6 Å². The first-order chi connectivity index (χ1) is 9.81. The molecule has 1 saturated heterocycles. The third-order valence-electron chi connectivity index (χ3n) is 3.47. The van der Waals surface area contributed by atoms with Gasteiger partial charge >= 0.3 is 6.18 Å². The molecule has 0 saturated carbocycles. The molecule has 0 spiro atoms. The number of carbonyl (C=O) groups excluding carboxylic acids is 1. The number of piperidine rings is 1. The molecule has 21 heavy (non-hydrogen) atoms. The molecule has 0 aliphatic carbocycles. The summed E-state index contributed by atoms with van der Waals surface area (Å²) in [6, 6.07) is 1.77. The summed E-state index contributed by atoms with van der Waals surface area (Å²) in [5.74, 6) is -0.208. The summed E-state index contributed by atoms with van der Waals surface area (Å²) in [6.45, 7) is 0.891. The highest BCUT2D eigenvalue weighted by molar-refractivity contribution is 6.29. The Kier molecular flexibility index (Phi) is 4.61. The summed E-state index contributed by atoms with van der Waals surface area (Å²) >= 11 is 5.68. The smallest absolute Gasteiger partial charge is 0.359 e. The van der Waals surface area contributed by atoms with Gasteiger partial charge in [-0.2, -0.15) is 13.2 Å². The molecule has 1 aromatic heterocycles. The maximum Gasteiger partial charge on any atom is 0.416 e. The lowest BCUT2D eigenvalue weighted by atomic mass is 9.97. The first kappa shape index (κ1) is 15.9. The lowest BCUT2D eigenvalue weighted by molar-refractivity contribution is -0.137. The van der Waals surface area contributed by atoms with Crippen LogP contribution in [0.15, 0.2) is 12.1 Å². The van der Waals surface area contributed by atoms with Crippen molar-refractivity contribution in [2.75, 3.05) is 25.0 Å². The van der Waals surface area contributed by atoms with E-state index in [1.54, 1.807) is 11.9 Å². The molecule has 1 N–H and O–H groups in total. The van der Waals surface area contributed by atoms with Crippen LogP contribution < -0.4 is 10.2 Å². The summed E-state index contributed by atoms with van der Waals surface area (Å²) < 4.78 is 38.4. The summed E-state index contributed by atoms with van der Waals surface area (Å²) in [5, 5.41) is 2.36. The Morgan fingerprint density at radius 2 is 2.19 bits per heavy atom. The molecule has 8 heteroatoms. The quantitative estimate of drug-likeness (QED) is 0.852. The van der Waals surface area contributed by atoms with Crippen LogP contribution in [-0.2, 0) is 11.0 Å². The summed E-state index contributed by atoms with van der Waals surface area (Å²) in [6.07, 6.45) is -3.05. The highest BCUT2D eigenvalue weighted by atomic mass is 35.5. The van der Waals surface area contributed by atoms with Gasteiger partial charge in [0.15, 0.2) is 0 Å². The fourth-order valence-corrected chi connectivity index (χ4v) is 2.62. The van der Waals surface area contributed by atoms with E-state index in [1.165, 1.54) is 0 Å². The van der Waals surface area contributed by atoms with Gasteiger partial charge in [-0.25, -0.2) is 4.98 Å². The van der Waals surface area contributed by atoms with Gasteiger partial charge in [-0.3, -0.25) is 4.79 Å². The number of halogens is 4. The molecule has 2 heterocycles. The molecular weight excluding hydrogens is 307 g/mol. The number of nitrogens with zero attached hydrogens (tertiary/aromatic N) is 2. The van der Waals surface area contributed by atoms with Crippen molar-refractivity contribution in [2.45, 2.75) is 19.0 Å². The second kappa shape index (κ2) is 6.09. The molecule has 1 unspecified atom stereocenters. The Bertz CT molecular complexity index is 536. The van der Waals surface area contributed by atoms with Gasteiger partial charge < -0.3 is 10.2 Å². The number of nitrogens with one attached hydrogen (secondary N) is 1. The molecule has 1 fully saturated rings. The molecule has 2 rings (SSSR count). The van der Waals surface area contributed by atoms with E-state index in [1.807, 2.05) is 0 Å². The number of aromatic nitrogens is 1. The molecule has 116 valence electrons. The van der Waals surface area contributed by atoms with Gasteiger partial charge in [0, 0.05) is 20.1 Å². The van der Waals surface area contributed by atoms with Gasteiger partial charge in [0.1, 0.15) is 11.0 Å². The van der Waals surface area contributed by atoms with E-state index in [-0.39, 0.29) is 22.8 Å². The Morgan fingerprint density at radius 3 is 2.81 bits per heavy atom. The second-order valence-electron chi connectivity index (χ2n) is 4.93. The molecule has 1 aliphatic heterocycles. The normalized spacial score (nSPS) is 19.5. The number of amides is 1. The zero-order valence-corrected chi connectivity index (χ0v) is 12.1. The SMILES string of the molecule is CNC(=O)C1CCCN(c2cc(C(F)(F)F)cc(Cl)n2)C1. The molecule has 4 nitrogen and oxygen atoms in total. The first-order valence-electron chi connectivity index (χ1n) is 6.52. The van der Waals surface area contributed by atoms with E-state index in [0.29, 0.717) is 25.9 Å². The summed E-state index contributed by atoms with van der Waals surface area (Å²) in [4.78, 5) is 17.3. The van der Waals surface area contributed by atoms with Crippen LogP contribution in [-0.4, -0.2) is 31.0 Å². The highest BCUT2D eigenvalue weighted by Crippen LogP contribution is 2.33. The number of alkyl halides is 3.